The second-order valence-corrected chi connectivity index (χ2v) is 4.71. The van der Waals surface area contributed by atoms with E-state index in [1.807, 2.05) is 6.92 Å². The van der Waals surface area contributed by atoms with Gasteiger partial charge in [0.25, 0.3) is 0 Å². The van der Waals surface area contributed by atoms with E-state index in [9.17, 15) is 9.18 Å². The maximum Gasteiger partial charge on any atom is 0.223 e. The van der Waals surface area contributed by atoms with E-state index in [2.05, 4.69) is 0 Å². The van der Waals surface area contributed by atoms with Gasteiger partial charge in [-0.15, -0.1) is 0 Å². The topological polar surface area (TPSA) is 78.3 Å². The standard InChI is InChI=1S/C14H21FN2O2/c1-3-11(16)7-10-5-4-6-12(15)13(10)19-8-9(2)14(17)18/h4-6,9,11H,3,7-8,16H2,1-2H3,(H2,17,18). The second-order valence-electron chi connectivity index (χ2n) is 4.71. The van der Waals surface area contributed by atoms with Crippen LogP contribution in [0, 0.1) is 11.7 Å². The molecule has 1 aromatic carbocycles. The number of amides is 1. The lowest BCUT2D eigenvalue weighted by Crippen LogP contribution is -2.26. The lowest BCUT2D eigenvalue weighted by molar-refractivity contribution is -0.122. The van der Waals surface area contributed by atoms with Gasteiger partial charge in [0, 0.05) is 6.04 Å². The van der Waals surface area contributed by atoms with Crippen molar-refractivity contribution in [3.05, 3.63) is 29.6 Å². The molecule has 0 fully saturated rings. The highest BCUT2D eigenvalue weighted by Gasteiger charge is 2.15. The molecule has 0 radical (unpaired) electrons. The van der Waals surface area contributed by atoms with Crippen molar-refractivity contribution in [3.63, 3.8) is 0 Å². The molecule has 0 saturated carbocycles. The third-order valence-electron chi connectivity index (χ3n) is 3.02. The average molecular weight is 268 g/mol. The molecule has 2 atom stereocenters. The van der Waals surface area contributed by atoms with Crippen LogP contribution in [0.3, 0.4) is 0 Å². The first-order chi connectivity index (χ1) is 8.95. The van der Waals surface area contributed by atoms with Crippen molar-refractivity contribution in [2.75, 3.05) is 6.61 Å². The Morgan fingerprint density at radius 1 is 1.47 bits per heavy atom. The van der Waals surface area contributed by atoms with Crippen molar-refractivity contribution in [2.45, 2.75) is 32.7 Å². The third kappa shape index (κ3) is 4.52. The van der Waals surface area contributed by atoms with Crippen LogP contribution in [0.2, 0.25) is 0 Å². The molecule has 0 aliphatic rings. The Kier molecular flexibility index (Phi) is 5.76. The van der Waals surface area contributed by atoms with E-state index in [-0.39, 0.29) is 18.4 Å². The van der Waals surface area contributed by atoms with Crippen molar-refractivity contribution >= 4 is 5.91 Å². The largest absolute Gasteiger partial charge is 0.489 e. The van der Waals surface area contributed by atoms with E-state index in [4.69, 9.17) is 16.2 Å². The quantitative estimate of drug-likeness (QED) is 0.788. The minimum Gasteiger partial charge on any atom is -0.489 e. The number of ether oxygens (including phenoxy) is 1. The summed E-state index contributed by atoms with van der Waals surface area (Å²) in [6, 6.07) is 4.68. The molecular weight excluding hydrogens is 247 g/mol. The molecular formula is C14H21FN2O2. The van der Waals surface area contributed by atoms with Crippen LogP contribution >= 0.6 is 0 Å². The van der Waals surface area contributed by atoms with E-state index in [1.54, 1.807) is 19.1 Å². The number of hydrogen-bond donors (Lipinski definition) is 2. The number of hydrogen-bond acceptors (Lipinski definition) is 3. The predicted octanol–water partition coefficient (Wildman–Crippen LogP) is 1.61. The molecule has 0 aromatic heterocycles. The Hall–Kier alpha value is -1.62. The van der Waals surface area contributed by atoms with Crippen LogP contribution in [-0.4, -0.2) is 18.6 Å². The molecule has 4 N–H and O–H groups in total. The number of carbonyl (C=O) groups is 1. The van der Waals surface area contributed by atoms with Crippen LogP contribution in [0.15, 0.2) is 18.2 Å². The molecule has 0 aliphatic heterocycles. The first-order valence-corrected chi connectivity index (χ1v) is 6.40. The van der Waals surface area contributed by atoms with Gasteiger partial charge < -0.3 is 16.2 Å². The minimum absolute atomic E-state index is 0.0438. The first-order valence-electron chi connectivity index (χ1n) is 6.40. The Morgan fingerprint density at radius 2 is 2.16 bits per heavy atom. The number of halogens is 1. The molecule has 0 spiro atoms. The van der Waals surface area contributed by atoms with Crippen LogP contribution in [0.4, 0.5) is 4.39 Å². The fourth-order valence-electron chi connectivity index (χ4n) is 1.59. The van der Waals surface area contributed by atoms with Gasteiger partial charge in [0.2, 0.25) is 5.91 Å². The Labute approximate surface area is 112 Å². The van der Waals surface area contributed by atoms with Crippen molar-refractivity contribution in [1.29, 1.82) is 0 Å². The molecule has 106 valence electrons. The third-order valence-corrected chi connectivity index (χ3v) is 3.02. The summed E-state index contributed by atoms with van der Waals surface area (Å²) in [7, 11) is 0. The fourth-order valence-corrected chi connectivity index (χ4v) is 1.59. The molecule has 0 aliphatic carbocycles. The number of benzene rings is 1. The summed E-state index contributed by atoms with van der Waals surface area (Å²) in [5.74, 6) is -1.22. The number of para-hydroxylation sites is 1. The zero-order valence-electron chi connectivity index (χ0n) is 11.4. The van der Waals surface area contributed by atoms with Crippen LogP contribution in [-0.2, 0) is 11.2 Å². The average Bonchev–Trinajstić information content (AvgIpc) is 2.37. The van der Waals surface area contributed by atoms with Gasteiger partial charge in [0.05, 0.1) is 12.5 Å². The second kappa shape index (κ2) is 7.09. The van der Waals surface area contributed by atoms with Gasteiger partial charge in [0.1, 0.15) is 0 Å². The molecule has 1 rings (SSSR count). The lowest BCUT2D eigenvalue weighted by Gasteiger charge is -2.16. The number of rotatable bonds is 7. The Balaban J connectivity index is 2.82. The lowest BCUT2D eigenvalue weighted by atomic mass is 10.0. The molecule has 5 heteroatoms. The smallest absolute Gasteiger partial charge is 0.223 e. The van der Waals surface area contributed by atoms with Gasteiger partial charge in [-0.1, -0.05) is 26.0 Å². The summed E-state index contributed by atoms with van der Waals surface area (Å²) in [6.07, 6.45) is 1.34. The molecule has 19 heavy (non-hydrogen) atoms. The number of nitrogens with two attached hydrogens (primary N) is 2. The highest BCUT2D eigenvalue weighted by Crippen LogP contribution is 2.24. The van der Waals surface area contributed by atoms with Gasteiger partial charge in [-0.2, -0.15) is 0 Å². The van der Waals surface area contributed by atoms with E-state index in [0.717, 1.165) is 6.42 Å². The molecule has 1 aromatic rings. The highest BCUT2D eigenvalue weighted by molar-refractivity contribution is 5.76. The summed E-state index contributed by atoms with van der Waals surface area (Å²) in [4.78, 5) is 10.9. The molecule has 2 unspecified atom stereocenters. The SMILES string of the molecule is CCC(N)Cc1cccc(F)c1OCC(C)C(N)=O. The van der Waals surface area contributed by atoms with Gasteiger partial charge in [-0.3, -0.25) is 4.79 Å². The van der Waals surface area contributed by atoms with E-state index >= 15 is 0 Å². The van der Waals surface area contributed by atoms with Crippen molar-refractivity contribution in [3.8, 4) is 5.75 Å². The minimum atomic E-state index is -0.469. The van der Waals surface area contributed by atoms with Crippen molar-refractivity contribution in [1.82, 2.24) is 0 Å². The fraction of sp³-hybridized carbons (Fsp3) is 0.500. The number of primary amides is 1. The van der Waals surface area contributed by atoms with Crippen molar-refractivity contribution in [2.24, 2.45) is 17.4 Å². The molecule has 0 bridgehead atoms. The summed E-state index contributed by atoms with van der Waals surface area (Å²) in [5.41, 5.74) is 11.7. The maximum absolute atomic E-state index is 13.8. The molecule has 0 heterocycles. The Bertz CT molecular complexity index is 437. The summed E-state index contributed by atoms with van der Waals surface area (Å²) < 4.78 is 19.2. The summed E-state index contributed by atoms with van der Waals surface area (Å²) in [6.45, 7) is 3.67. The maximum atomic E-state index is 13.8. The van der Waals surface area contributed by atoms with E-state index in [1.165, 1.54) is 6.07 Å². The predicted molar refractivity (Wildman–Crippen MR) is 72.2 cm³/mol. The molecule has 1 amide bonds. The first kappa shape index (κ1) is 15.4. The molecule has 0 saturated heterocycles. The van der Waals surface area contributed by atoms with Crippen molar-refractivity contribution < 1.29 is 13.9 Å². The van der Waals surface area contributed by atoms with Gasteiger partial charge in [-0.25, -0.2) is 4.39 Å². The summed E-state index contributed by atoms with van der Waals surface area (Å²) >= 11 is 0. The zero-order valence-corrected chi connectivity index (χ0v) is 11.4. The van der Waals surface area contributed by atoms with Crippen LogP contribution < -0.4 is 16.2 Å². The highest BCUT2D eigenvalue weighted by atomic mass is 19.1. The monoisotopic (exact) mass is 268 g/mol. The van der Waals surface area contributed by atoms with Gasteiger partial charge in [-0.05, 0) is 24.5 Å². The molecule has 4 nitrogen and oxygen atoms in total. The van der Waals surface area contributed by atoms with Crippen LogP contribution in [0.5, 0.6) is 5.75 Å². The van der Waals surface area contributed by atoms with Gasteiger partial charge >= 0.3 is 0 Å². The zero-order chi connectivity index (χ0) is 14.4. The summed E-state index contributed by atoms with van der Waals surface area (Å²) in [5, 5.41) is 0. The number of carbonyl (C=O) groups excluding carboxylic acids is 1. The van der Waals surface area contributed by atoms with Crippen LogP contribution in [0.1, 0.15) is 25.8 Å². The van der Waals surface area contributed by atoms with E-state index in [0.29, 0.717) is 12.0 Å². The van der Waals surface area contributed by atoms with Gasteiger partial charge in [0.15, 0.2) is 11.6 Å². The Morgan fingerprint density at radius 3 is 2.74 bits per heavy atom. The van der Waals surface area contributed by atoms with Crippen LogP contribution in [0.25, 0.3) is 0 Å². The van der Waals surface area contributed by atoms with E-state index < -0.39 is 17.6 Å². The normalized spacial score (nSPS) is 13.9.